The first-order valence-electron chi connectivity index (χ1n) is 4.94. The number of rotatable bonds is 5. The molecule has 1 atom stereocenters. The molecule has 0 bridgehead atoms. The normalized spacial score (nSPS) is 12.5. The summed E-state index contributed by atoms with van der Waals surface area (Å²) in [6, 6.07) is 4.67. The van der Waals surface area contributed by atoms with E-state index >= 15 is 0 Å². The first-order chi connectivity index (χ1) is 6.76. The van der Waals surface area contributed by atoms with Crippen LogP contribution in [0, 0.1) is 6.92 Å². The van der Waals surface area contributed by atoms with Gasteiger partial charge in [0.05, 0.1) is 0 Å². The fraction of sp³-hybridized carbons (Fsp3) is 0.545. The summed E-state index contributed by atoms with van der Waals surface area (Å²) in [6.07, 6.45) is 5.15. The Balaban J connectivity index is 2.57. The van der Waals surface area contributed by atoms with Crippen molar-refractivity contribution in [2.24, 2.45) is 0 Å². The van der Waals surface area contributed by atoms with Gasteiger partial charge in [-0.1, -0.05) is 6.92 Å². The van der Waals surface area contributed by atoms with Crippen molar-refractivity contribution in [3.8, 4) is 0 Å². The lowest BCUT2D eigenvalue weighted by atomic mass is 10.2. The molecule has 0 aliphatic rings. The molecule has 2 nitrogen and oxygen atoms in total. The topological polar surface area (TPSA) is 24.9 Å². The van der Waals surface area contributed by atoms with E-state index in [1.54, 1.807) is 0 Å². The molecule has 0 saturated carbocycles. The Kier molecular flexibility index (Phi) is 4.80. The zero-order valence-electron chi connectivity index (χ0n) is 9.08. The van der Waals surface area contributed by atoms with E-state index in [2.05, 4.69) is 29.5 Å². The molecule has 0 aliphatic carbocycles. The van der Waals surface area contributed by atoms with Crippen LogP contribution in [0.4, 0.5) is 5.69 Å². The van der Waals surface area contributed by atoms with Crippen LogP contribution < -0.4 is 5.32 Å². The van der Waals surface area contributed by atoms with Crippen LogP contribution in [-0.2, 0) is 0 Å². The van der Waals surface area contributed by atoms with Crippen LogP contribution in [0.3, 0.4) is 0 Å². The van der Waals surface area contributed by atoms with Gasteiger partial charge in [0.25, 0.3) is 0 Å². The molecular formula is C11H18N2S. The fourth-order valence-corrected chi connectivity index (χ4v) is 2.06. The van der Waals surface area contributed by atoms with Gasteiger partial charge in [0.2, 0.25) is 0 Å². The van der Waals surface area contributed by atoms with Gasteiger partial charge in [0.1, 0.15) is 0 Å². The predicted octanol–water partition coefficient (Wildman–Crippen LogP) is 2.94. The minimum atomic E-state index is 0.562. The molecule has 3 heteroatoms. The average Bonchev–Trinajstić information content (AvgIpc) is 2.17. The van der Waals surface area contributed by atoms with E-state index in [1.165, 1.54) is 5.69 Å². The summed E-state index contributed by atoms with van der Waals surface area (Å²) in [7, 11) is 0. The summed E-state index contributed by atoms with van der Waals surface area (Å²) >= 11 is 1.88. The van der Waals surface area contributed by atoms with Gasteiger partial charge in [-0.05, 0) is 31.7 Å². The molecule has 14 heavy (non-hydrogen) atoms. The summed E-state index contributed by atoms with van der Waals surface area (Å²) in [5.41, 5.74) is 2.24. The number of nitrogens with zero attached hydrogens (tertiary/aromatic N) is 1. The second-order valence-corrected chi connectivity index (χ2v) is 4.30. The van der Waals surface area contributed by atoms with Gasteiger partial charge in [0.15, 0.2) is 0 Å². The highest BCUT2D eigenvalue weighted by Gasteiger charge is 2.04. The molecule has 78 valence electrons. The van der Waals surface area contributed by atoms with E-state index in [1.807, 2.05) is 30.9 Å². The standard InChI is InChI=1S/C11H18N2S/c1-4-10(8-14-3)13-11-5-6-12-9(2)7-11/h5-7,10H,4,8H2,1-3H3,(H,12,13). The highest BCUT2D eigenvalue weighted by Crippen LogP contribution is 2.12. The van der Waals surface area contributed by atoms with Gasteiger partial charge in [-0.3, -0.25) is 4.98 Å². The van der Waals surface area contributed by atoms with Crippen LogP contribution in [0.5, 0.6) is 0 Å². The molecule has 0 amide bonds. The Labute approximate surface area is 90.5 Å². The van der Waals surface area contributed by atoms with Crippen molar-refractivity contribution in [1.82, 2.24) is 4.98 Å². The average molecular weight is 210 g/mol. The van der Waals surface area contributed by atoms with Crippen LogP contribution in [0.1, 0.15) is 19.0 Å². The zero-order valence-corrected chi connectivity index (χ0v) is 9.90. The predicted molar refractivity (Wildman–Crippen MR) is 65.1 cm³/mol. The number of aryl methyl sites for hydroxylation is 1. The lowest BCUT2D eigenvalue weighted by Crippen LogP contribution is -2.21. The van der Waals surface area contributed by atoms with Gasteiger partial charge in [-0.25, -0.2) is 0 Å². The highest BCUT2D eigenvalue weighted by molar-refractivity contribution is 7.98. The number of hydrogen-bond acceptors (Lipinski definition) is 3. The lowest BCUT2D eigenvalue weighted by Gasteiger charge is -2.17. The summed E-state index contributed by atoms with van der Waals surface area (Å²) in [5.74, 6) is 1.15. The lowest BCUT2D eigenvalue weighted by molar-refractivity contribution is 0.774. The second kappa shape index (κ2) is 5.91. The maximum atomic E-state index is 4.17. The summed E-state index contributed by atoms with van der Waals surface area (Å²) in [4.78, 5) is 4.17. The molecule has 0 spiro atoms. The van der Waals surface area contributed by atoms with Crippen LogP contribution in [0.2, 0.25) is 0 Å². The molecule has 0 saturated heterocycles. The maximum Gasteiger partial charge on any atom is 0.0393 e. The van der Waals surface area contributed by atoms with Crippen molar-refractivity contribution >= 4 is 17.4 Å². The molecule has 1 N–H and O–H groups in total. The molecule has 0 radical (unpaired) electrons. The molecule has 1 aromatic heterocycles. The van der Waals surface area contributed by atoms with E-state index in [-0.39, 0.29) is 0 Å². The van der Waals surface area contributed by atoms with Crippen LogP contribution in [0.25, 0.3) is 0 Å². The summed E-state index contributed by atoms with van der Waals surface area (Å²) in [5, 5.41) is 3.51. The van der Waals surface area contributed by atoms with E-state index < -0.39 is 0 Å². The number of pyridine rings is 1. The van der Waals surface area contributed by atoms with Gasteiger partial charge in [-0.15, -0.1) is 0 Å². The van der Waals surface area contributed by atoms with Gasteiger partial charge in [0, 0.05) is 29.4 Å². The van der Waals surface area contributed by atoms with Crippen molar-refractivity contribution < 1.29 is 0 Å². The molecule has 1 heterocycles. The summed E-state index contributed by atoms with van der Waals surface area (Å²) < 4.78 is 0. The third-order valence-electron chi connectivity index (χ3n) is 2.13. The number of nitrogens with one attached hydrogen (secondary N) is 1. The fourth-order valence-electron chi connectivity index (χ4n) is 1.33. The Morgan fingerprint density at radius 3 is 2.93 bits per heavy atom. The second-order valence-electron chi connectivity index (χ2n) is 3.39. The minimum Gasteiger partial charge on any atom is -0.381 e. The van der Waals surface area contributed by atoms with Crippen LogP contribution in [-0.4, -0.2) is 23.0 Å². The molecular weight excluding hydrogens is 192 g/mol. The van der Waals surface area contributed by atoms with Crippen molar-refractivity contribution in [2.75, 3.05) is 17.3 Å². The smallest absolute Gasteiger partial charge is 0.0393 e. The molecule has 0 fully saturated rings. The molecule has 1 unspecified atom stereocenters. The first kappa shape index (κ1) is 11.4. The highest BCUT2D eigenvalue weighted by atomic mass is 32.2. The quantitative estimate of drug-likeness (QED) is 0.809. The third kappa shape index (κ3) is 3.58. The monoisotopic (exact) mass is 210 g/mol. The maximum absolute atomic E-state index is 4.17. The van der Waals surface area contributed by atoms with Gasteiger partial charge in [-0.2, -0.15) is 11.8 Å². The van der Waals surface area contributed by atoms with Crippen molar-refractivity contribution in [2.45, 2.75) is 26.3 Å². The van der Waals surface area contributed by atoms with Gasteiger partial charge >= 0.3 is 0 Å². The Bertz CT molecular complexity index is 276. The van der Waals surface area contributed by atoms with Crippen molar-refractivity contribution in [3.63, 3.8) is 0 Å². The number of thioether (sulfide) groups is 1. The summed E-state index contributed by atoms with van der Waals surface area (Å²) in [6.45, 7) is 4.22. The number of hydrogen-bond donors (Lipinski definition) is 1. The van der Waals surface area contributed by atoms with E-state index in [9.17, 15) is 0 Å². The van der Waals surface area contributed by atoms with E-state index in [0.717, 1.165) is 17.9 Å². The molecule has 1 aromatic rings. The van der Waals surface area contributed by atoms with E-state index in [0.29, 0.717) is 6.04 Å². The Hall–Kier alpha value is -0.700. The number of aromatic nitrogens is 1. The largest absolute Gasteiger partial charge is 0.381 e. The third-order valence-corrected chi connectivity index (χ3v) is 2.86. The molecule has 0 aliphatic heterocycles. The zero-order chi connectivity index (χ0) is 10.4. The van der Waals surface area contributed by atoms with Gasteiger partial charge < -0.3 is 5.32 Å². The Morgan fingerprint density at radius 1 is 1.57 bits per heavy atom. The van der Waals surface area contributed by atoms with E-state index in [4.69, 9.17) is 0 Å². The van der Waals surface area contributed by atoms with Crippen molar-refractivity contribution in [3.05, 3.63) is 24.0 Å². The molecule has 1 rings (SSSR count). The minimum absolute atomic E-state index is 0.562. The first-order valence-corrected chi connectivity index (χ1v) is 6.33. The molecule has 0 aromatic carbocycles. The Morgan fingerprint density at radius 2 is 2.36 bits per heavy atom. The number of anilines is 1. The van der Waals surface area contributed by atoms with Crippen LogP contribution in [0.15, 0.2) is 18.3 Å². The van der Waals surface area contributed by atoms with Crippen LogP contribution >= 0.6 is 11.8 Å². The SMILES string of the molecule is CCC(CSC)Nc1ccnc(C)c1. The van der Waals surface area contributed by atoms with Crippen molar-refractivity contribution in [1.29, 1.82) is 0 Å².